The van der Waals surface area contributed by atoms with Gasteiger partial charge in [-0.1, -0.05) is 18.2 Å². The van der Waals surface area contributed by atoms with Gasteiger partial charge in [-0.25, -0.2) is 0 Å². The number of rotatable bonds is 5. The second-order valence-electron chi connectivity index (χ2n) is 6.35. The molecule has 1 fully saturated rings. The molecule has 1 aliphatic rings. The lowest BCUT2D eigenvalue weighted by Gasteiger charge is -2.36. The Bertz CT molecular complexity index is 637. The molecule has 1 aliphatic heterocycles. The summed E-state index contributed by atoms with van der Waals surface area (Å²) in [6.45, 7) is 8.20. The van der Waals surface area contributed by atoms with Gasteiger partial charge in [0.25, 0.3) is 0 Å². The highest BCUT2D eigenvalue weighted by atomic mass is 16.5. The van der Waals surface area contributed by atoms with E-state index in [2.05, 4.69) is 47.5 Å². The Morgan fingerprint density at radius 3 is 2.91 bits per heavy atom. The first-order chi connectivity index (χ1) is 11.2. The first-order valence-electron chi connectivity index (χ1n) is 8.29. The zero-order chi connectivity index (χ0) is 16.2. The van der Waals surface area contributed by atoms with Gasteiger partial charge >= 0.3 is 0 Å². The predicted molar refractivity (Wildman–Crippen MR) is 91.6 cm³/mol. The maximum absolute atomic E-state index is 5.56. The number of nitrogens with zero attached hydrogens (tertiary/aromatic N) is 3. The average molecular weight is 314 g/mol. The molecule has 2 heterocycles. The van der Waals surface area contributed by atoms with Crippen molar-refractivity contribution in [1.29, 1.82) is 0 Å². The molecule has 1 aromatic heterocycles. The molecule has 0 amide bonds. The lowest BCUT2D eigenvalue weighted by Crippen LogP contribution is -2.45. The third-order valence-electron chi connectivity index (χ3n) is 4.42. The Balaban J connectivity index is 1.81. The van der Waals surface area contributed by atoms with Crippen LogP contribution in [0.5, 0.6) is 5.75 Å². The molecule has 124 valence electrons. The second kappa shape index (κ2) is 7.15. The monoisotopic (exact) mass is 314 g/mol. The minimum atomic E-state index is 0.322. The summed E-state index contributed by atoms with van der Waals surface area (Å²) in [6.07, 6.45) is 4.15. The van der Waals surface area contributed by atoms with Crippen LogP contribution in [0.25, 0.3) is 0 Å². The van der Waals surface area contributed by atoms with Gasteiger partial charge in [0.2, 0.25) is 0 Å². The summed E-state index contributed by atoms with van der Waals surface area (Å²) in [4.78, 5) is 2.51. The molecule has 2 aromatic rings. The van der Waals surface area contributed by atoms with Gasteiger partial charge in [0, 0.05) is 49.5 Å². The quantitative estimate of drug-likeness (QED) is 0.921. The number of nitrogens with one attached hydrogen (secondary N) is 1. The smallest absolute Gasteiger partial charge is 0.123 e. The van der Waals surface area contributed by atoms with E-state index in [9.17, 15) is 0 Å². The highest BCUT2D eigenvalue weighted by molar-refractivity contribution is 5.36. The van der Waals surface area contributed by atoms with E-state index in [1.165, 1.54) is 11.1 Å². The molecule has 0 saturated carbocycles. The third-order valence-corrected chi connectivity index (χ3v) is 4.42. The molecule has 1 atom stereocenters. The zero-order valence-corrected chi connectivity index (χ0v) is 14.2. The van der Waals surface area contributed by atoms with Gasteiger partial charge in [-0.05, 0) is 19.9 Å². The van der Waals surface area contributed by atoms with Crippen molar-refractivity contribution < 1.29 is 4.74 Å². The van der Waals surface area contributed by atoms with Gasteiger partial charge in [-0.3, -0.25) is 9.58 Å². The van der Waals surface area contributed by atoms with E-state index in [0.717, 1.165) is 31.9 Å². The molecule has 0 aliphatic carbocycles. The summed E-state index contributed by atoms with van der Waals surface area (Å²) in [5.41, 5.74) is 2.51. The SMILES string of the molecule is COc1ccccc1C1CNCCN1Cc1cnn(C(C)C)c1. The van der Waals surface area contributed by atoms with E-state index in [1.54, 1.807) is 7.11 Å². The molecular formula is C18H26N4O. The van der Waals surface area contributed by atoms with Crippen LogP contribution in [0.3, 0.4) is 0 Å². The topological polar surface area (TPSA) is 42.3 Å². The van der Waals surface area contributed by atoms with Crippen LogP contribution in [-0.2, 0) is 6.54 Å². The fraction of sp³-hybridized carbons (Fsp3) is 0.500. The molecule has 0 bridgehead atoms. The van der Waals surface area contributed by atoms with Crippen molar-refractivity contribution in [3.05, 3.63) is 47.8 Å². The molecule has 3 rings (SSSR count). The van der Waals surface area contributed by atoms with Crippen molar-refractivity contribution in [3.8, 4) is 5.75 Å². The van der Waals surface area contributed by atoms with Crippen LogP contribution in [-0.4, -0.2) is 41.4 Å². The Labute approximate surface area is 138 Å². The molecule has 0 spiro atoms. The average Bonchev–Trinajstić information content (AvgIpc) is 3.04. The number of hydrogen-bond acceptors (Lipinski definition) is 4. The lowest BCUT2D eigenvalue weighted by atomic mass is 10.0. The third kappa shape index (κ3) is 3.57. The molecular weight excluding hydrogens is 288 g/mol. The molecule has 23 heavy (non-hydrogen) atoms. The lowest BCUT2D eigenvalue weighted by molar-refractivity contribution is 0.151. The highest BCUT2D eigenvalue weighted by Gasteiger charge is 2.26. The summed E-state index contributed by atoms with van der Waals surface area (Å²) < 4.78 is 7.59. The molecule has 0 radical (unpaired) electrons. The Morgan fingerprint density at radius 1 is 1.35 bits per heavy atom. The second-order valence-corrected chi connectivity index (χ2v) is 6.35. The van der Waals surface area contributed by atoms with Crippen LogP contribution >= 0.6 is 0 Å². The molecule has 1 N–H and O–H groups in total. The van der Waals surface area contributed by atoms with E-state index >= 15 is 0 Å². The maximum atomic E-state index is 5.56. The van der Waals surface area contributed by atoms with E-state index in [-0.39, 0.29) is 0 Å². The molecule has 5 nitrogen and oxygen atoms in total. The summed E-state index contributed by atoms with van der Waals surface area (Å²) in [6, 6.07) is 9.04. The van der Waals surface area contributed by atoms with Crippen LogP contribution in [0.4, 0.5) is 0 Å². The Morgan fingerprint density at radius 2 is 2.17 bits per heavy atom. The standard InChI is InChI=1S/C18H26N4O/c1-14(2)22-13-15(10-20-22)12-21-9-8-19-11-17(21)16-6-4-5-7-18(16)23-3/h4-7,10,13-14,17,19H,8-9,11-12H2,1-3H3. The number of methoxy groups -OCH3 is 1. The van der Waals surface area contributed by atoms with Crippen molar-refractivity contribution >= 4 is 0 Å². The number of hydrogen-bond donors (Lipinski definition) is 1. The summed E-state index contributed by atoms with van der Waals surface area (Å²) in [5.74, 6) is 0.962. The predicted octanol–water partition coefficient (Wildman–Crippen LogP) is 2.62. The van der Waals surface area contributed by atoms with Crippen LogP contribution in [0, 0.1) is 0 Å². The van der Waals surface area contributed by atoms with Gasteiger partial charge in [0.15, 0.2) is 0 Å². The van der Waals surface area contributed by atoms with Crippen molar-refractivity contribution in [3.63, 3.8) is 0 Å². The van der Waals surface area contributed by atoms with Crippen LogP contribution in [0.2, 0.25) is 0 Å². The fourth-order valence-corrected chi connectivity index (χ4v) is 3.16. The maximum Gasteiger partial charge on any atom is 0.123 e. The number of piperazine rings is 1. The fourth-order valence-electron chi connectivity index (χ4n) is 3.16. The van der Waals surface area contributed by atoms with Gasteiger partial charge in [0.05, 0.1) is 19.3 Å². The van der Waals surface area contributed by atoms with E-state index in [0.29, 0.717) is 12.1 Å². The minimum Gasteiger partial charge on any atom is -0.496 e. The van der Waals surface area contributed by atoms with Crippen LogP contribution in [0.1, 0.15) is 37.1 Å². The normalized spacial score (nSPS) is 19.2. The molecule has 1 unspecified atom stereocenters. The highest BCUT2D eigenvalue weighted by Crippen LogP contribution is 2.31. The van der Waals surface area contributed by atoms with Gasteiger partial charge in [-0.2, -0.15) is 5.10 Å². The Kier molecular flexibility index (Phi) is 4.98. The summed E-state index contributed by atoms with van der Waals surface area (Å²) >= 11 is 0. The van der Waals surface area contributed by atoms with Crippen molar-refractivity contribution in [2.75, 3.05) is 26.7 Å². The largest absolute Gasteiger partial charge is 0.496 e. The number of benzene rings is 1. The van der Waals surface area contributed by atoms with Gasteiger partial charge in [0.1, 0.15) is 5.75 Å². The number of ether oxygens (including phenoxy) is 1. The number of aromatic nitrogens is 2. The van der Waals surface area contributed by atoms with E-state index in [4.69, 9.17) is 4.74 Å². The van der Waals surface area contributed by atoms with Crippen molar-refractivity contribution in [1.82, 2.24) is 20.0 Å². The van der Waals surface area contributed by atoms with Gasteiger partial charge in [-0.15, -0.1) is 0 Å². The van der Waals surface area contributed by atoms with Crippen LogP contribution in [0.15, 0.2) is 36.7 Å². The number of para-hydroxylation sites is 1. The van der Waals surface area contributed by atoms with E-state index in [1.807, 2.05) is 23.0 Å². The van der Waals surface area contributed by atoms with Crippen molar-refractivity contribution in [2.45, 2.75) is 32.5 Å². The van der Waals surface area contributed by atoms with Gasteiger partial charge < -0.3 is 10.1 Å². The first-order valence-corrected chi connectivity index (χ1v) is 8.29. The zero-order valence-electron chi connectivity index (χ0n) is 14.2. The molecule has 5 heteroatoms. The van der Waals surface area contributed by atoms with E-state index < -0.39 is 0 Å². The summed E-state index contributed by atoms with van der Waals surface area (Å²) in [7, 11) is 1.74. The minimum absolute atomic E-state index is 0.322. The van der Waals surface area contributed by atoms with Crippen LogP contribution < -0.4 is 10.1 Å². The molecule has 1 saturated heterocycles. The van der Waals surface area contributed by atoms with Crippen molar-refractivity contribution in [2.24, 2.45) is 0 Å². The summed E-state index contributed by atoms with van der Waals surface area (Å²) in [5, 5.41) is 7.97. The Hall–Kier alpha value is -1.85. The first kappa shape index (κ1) is 16.0. The molecule has 1 aromatic carbocycles.